The third kappa shape index (κ3) is 1290. The Morgan fingerprint density at radius 3 is 0.538 bits per heavy atom. The summed E-state index contributed by atoms with van der Waals surface area (Å²) in [6.45, 7) is 2.39. The Morgan fingerprint density at radius 2 is 0.538 bits per heavy atom. The Balaban J connectivity index is -0.0000000245. The second-order valence-electron chi connectivity index (χ2n) is 2.43. The molecule has 0 aliphatic carbocycles. The van der Waals surface area contributed by atoms with Gasteiger partial charge in [0.1, 0.15) is 0 Å². The smallest absolute Gasteiger partial charge is 0.415 e. The van der Waals surface area contributed by atoms with Crippen molar-refractivity contribution in [1.29, 1.82) is 0 Å². The van der Waals surface area contributed by atoms with Gasteiger partial charge >= 0.3 is 36.5 Å². The van der Waals surface area contributed by atoms with Crippen LogP contribution >= 0.6 is 48.9 Å². The molecule has 26 heavy (non-hydrogen) atoms. The quantitative estimate of drug-likeness (QED) is 0.0887. The summed E-state index contributed by atoms with van der Waals surface area (Å²) in [6, 6.07) is 0. The van der Waals surface area contributed by atoms with E-state index in [1.807, 2.05) is 0 Å². The van der Waals surface area contributed by atoms with Crippen LogP contribution in [0.5, 0.6) is 0 Å². The molecular weight excluding hydrogens is 585 g/mol. The van der Waals surface area contributed by atoms with Crippen LogP contribution in [0.3, 0.4) is 0 Å². The Hall–Kier alpha value is 1.42. The molecule has 0 heterocycles. The van der Waals surface area contributed by atoms with E-state index in [2.05, 4.69) is 122 Å². The van der Waals surface area contributed by atoms with Crippen LogP contribution in [0.2, 0.25) is 0 Å². The third-order valence-corrected chi connectivity index (χ3v) is 0.333. The molecule has 0 spiro atoms. The van der Waals surface area contributed by atoms with Crippen molar-refractivity contribution in [2.45, 2.75) is 0 Å². The van der Waals surface area contributed by atoms with E-state index in [0.29, 0.717) is 26.2 Å². The van der Waals surface area contributed by atoms with Gasteiger partial charge in [-0.1, -0.05) is 17.3 Å². The van der Waals surface area contributed by atoms with Crippen molar-refractivity contribution in [3.05, 3.63) is 0 Å². The zero-order valence-corrected chi connectivity index (χ0v) is 24.5. The largest absolute Gasteiger partial charge is 2.00 e. The minimum atomic E-state index is 0. The fraction of sp³-hybridized carbons (Fsp3) is 0.500. The van der Waals surface area contributed by atoms with Crippen LogP contribution in [0.25, 0.3) is 0 Å². The molecule has 0 aliphatic heterocycles. The molecule has 153 valence electrons. The predicted molar refractivity (Wildman–Crippen MR) is 133 cm³/mol. The Bertz CT molecular complexity index is 231. The number of thiocarbonyl (C=S) groups is 4. The summed E-state index contributed by atoms with van der Waals surface area (Å²) in [6.07, 6.45) is 0. The van der Waals surface area contributed by atoms with Gasteiger partial charge in [0.25, 0.3) is 0 Å². The second-order valence-corrected chi connectivity index (χ2v) is 6.98. The maximum absolute atomic E-state index is 4.90. The molecule has 0 rings (SSSR count). The van der Waals surface area contributed by atoms with Crippen LogP contribution < -0.4 is 45.9 Å². The minimum absolute atomic E-state index is 0. The van der Waals surface area contributed by atoms with Crippen molar-refractivity contribution >= 4 is 117 Å². The van der Waals surface area contributed by atoms with E-state index in [-0.39, 0.29) is 53.8 Å². The van der Waals surface area contributed by atoms with E-state index in [1.165, 1.54) is 0 Å². The topological polar surface area (TPSA) is 208 Å². The molecule has 18 heteroatoms. The summed E-state index contributed by atoms with van der Waals surface area (Å²) in [5.41, 5.74) is 38.2. The average Bonchev–Trinajstić information content (AvgIpc) is 2.36. The van der Waals surface area contributed by atoms with Crippen LogP contribution in [-0.4, -0.2) is 43.5 Å². The van der Waals surface area contributed by atoms with Gasteiger partial charge in [-0.3, -0.25) is 0 Å². The van der Waals surface area contributed by atoms with E-state index < -0.39 is 0 Å². The Morgan fingerprint density at radius 1 is 0.500 bits per heavy atom. The zero-order valence-electron chi connectivity index (χ0n) is 13.8. The van der Waals surface area contributed by atoms with Crippen molar-refractivity contribution in [2.24, 2.45) is 45.9 Å². The van der Waals surface area contributed by atoms with Crippen molar-refractivity contribution in [1.82, 2.24) is 0 Å². The summed E-state index contributed by atoms with van der Waals surface area (Å²) in [7, 11) is 0. The monoisotopic (exact) mass is 607 g/mol. The van der Waals surface area contributed by atoms with Gasteiger partial charge in [0.15, 0.2) is 0 Å². The van der Waals surface area contributed by atoms with Crippen molar-refractivity contribution in [3.8, 4) is 0 Å². The van der Waals surface area contributed by atoms with Gasteiger partial charge in [-0.25, -0.2) is 0 Å². The molecule has 16 N–H and O–H groups in total. The third-order valence-electron chi connectivity index (χ3n) is 0.333. The molecule has 8 nitrogen and oxygen atoms in total. The molecule has 0 atom stereocenters. The summed E-state index contributed by atoms with van der Waals surface area (Å²) in [5, 5.41) is 0. The molecule has 0 amide bonds. The van der Waals surface area contributed by atoms with Gasteiger partial charge in [-0.05, 0) is 0 Å². The first-order valence-electron chi connectivity index (χ1n) is 5.42. The second kappa shape index (κ2) is 56.3. The normalized spacial score (nSPS) is 6.00. The fourth-order valence-corrected chi connectivity index (χ4v) is 0. The number of hydrogen-bond donors (Lipinski definition) is 8. The first-order valence-corrected chi connectivity index (χ1v) is 8.69. The maximum atomic E-state index is 4.90. The first-order chi connectivity index (χ1) is 10.8. The summed E-state index contributed by atoms with van der Waals surface area (Å²) in [4.78, 5) is 0. The van der Waals surface area contributed by atoms with E-state index in [1.54, 1.807) is 0 Å². The van der Waals surface area contributed by atoms with E-state index in [9.17, 15) is 0 Å². The standard InChI is InChI=1S/2C2H8N2.4CH3NS2.Mn.Zn/c2*3-1-2-4;4*2-1(3)4;;/h2*1-4H2;4*(H3,2,3,4);;/q;;;;;;2*+2/p-4. The van der Waals surface area contributed by atoms with E-state index >= 15 is 0 Å². The molecular formula is C8H24MnN8S8Zn. The molecule has 1 radical (unpaired) electrons. The summed E-state index contributed by atoms with van der Waals surface area (Å²) >= 11 is 33.0. The molecule has 0 saturated carbocycles. The summed E-state index contributed by atoms with van der Waals surface area (Å²) < 4.78 is 0.333. The number of hydrogen-bond acceptors (Lipinski definition) is 12. The maximum Gasteiger partial charge on any atom is 2.00 e. The SMILES string of the molecule is NC(=S)[S-].NC(=S)[S-].NC(=S)[S-].NC(=S)[S-].NCCN.NCCN.[Mn+2].[Zn+2]. The van der Waals surface area contributed by atoms with E-state index in [4.69, 9.17) is 22.9 Å². The van der Waals surface area contributed by atoms with Crippen LogP contribution in [0.15, 0.2) is 0 Å². The molecule has 0 fully saturated rings. The minimum Gasteiger partial charge on any atom is -0.415 e. The van der Waals surface area contributed by atoms with Crippen LogP contribution in [-0.2, 0) is 87.1 Å². The van der Waals surface area contributed by atoms with Gasteiger partial charge in [-0.15, -0.1) is 0 Å². The molecule has 0 aromatic rings. The summed E-state index contributed by atoms with van der Waals surface area (Å²) in [5.74, 6) is 0. The van der Waals surface area contributed by atoms with Crippen molar-refractivity contribution in [2.75, 3.05) is 26.2 Å². The molecule has 0 aromatic heterocycles. The number of nitrogens with two attached hydrogens (primary N) is 8. The molecule has 0 bridgehead atoms. The van der Waals surface area contributed by atoms with Gasteiger partial charge in [-0.2, -0.15) is 0 Å². The van der Waals surface area contributed by atoms with Crippen LogP contribution in [0, 0.1) is 0 Å². The predicted octanol–water partition coefficient (Wildman–Crippen LogP) is -3.09. The zero-order chi connectivity index (χ0) is 21.1. The molecule has 0 aromatic carbocycles. The van der Waals surface area contributed by atoms with Crippen molar-refractivity contribution in [3.63, 3.8) is 0 Å². The van der Waals surface area contributed by atoms with Gasteiger partial charge < -0.3 is 145 Å². The van der Waals surface area contributed by atoms with Gasteiger partial charge in [0, 0.05) is 26.2 Å². The van der Waals surface area contributed by atoms with Crippen LogP contribution in [0.1, 0.15) is 0 Å². The molecule has 0 unspecified atom stereocenters. The van der Waals surface area contributed by atoms with E-state index in [0.717, 1.165) is 0 Å². The van der Waals surface area contributed by atoms with Crippen molar-refractivity contribution < 1.29 is 36.5 Å². The molecule has 0 saturated heterocycles. The first kappa shape index (κ1) is 50.8. The fourth-order valence-electron chi connectivity index (χ4n) is 0. The Kier molecular flexibility index (Phi) is 110. The van der Waals surface area contributed by atoms with Gasteiger partial charge in [0.05, 0.1) is 0 Å². The van der Waals surface area contributed by atoms with Crippen LogP contribution in [0.4, 0.5) is 0 Å². The molecule has 0 aliphatic rings. The average molecular weight is 609 g/mol. The van der Waals surface area contributed by atoms with Gasteiger partial charge in [0.2, 0.25) is 0 Å². The number of rotatable bonds is 2. The Labute approximate surface area is 223 Å².